The van der Waals surface area contributed by atoms with E-state index in [2.05, 4.69) is 20.5 Å². The van der Waals surface area contributed by atoms with E-state index < -0.39 is 23.8 Å². The van der Waals surface area contributed by atoms with E-state index in [1.807, 2.05) is 19.2 Å². The fourth-order valence-electron chi connectivity index (χ4n) is 3.80. The number of rotatable bonds is 9. The smallest absolute Gasteiger partial charge is 0.435 e. The Hall–Kier alpha value is -3.05. The van der Waals surface area contributed by atoms with Crippen LogP contribution in [0.1, 0.15) is 65.8 Å². The summed E-state index contributed by atoms with van der Waals surface area (Å²) in [7, 11) is 0. The normalized spacial score (nSPS) is 16.6. The van der Waals surface area contributed by atoms with Crippen molar-refractivity contribution in [2.45, 2.75) is 57.9 Å². The van der Waals surface area contributed by atoms with E-state index in [9.17, 15) is 18.0 Å². The molecule has 1 aliphatic heterocycles. The Bertz CT molecular complexity index is 1180. The first kappa shape index (κ1) is 26.0. The maximum atomic E-state index is 13.1. The molecule has 0 aliphatic carbocycles. The highest BCUT2D eigenvalue weighted by Crippen LogP contribution is 2.31. The summed E-state index contributed by atoms with van der Waals surface area (Å²) in [4.78, 5) is 18.7. The lowest BCUT2D eigenvalue weighted by Crippen LogP contribution is -2.27. The molecule has 1 aromatic carbocycles. The SMILES string of the molecule is CCc1cnc(-c2cc(OCC[C@@H]3CCCO3)cc(C(=O)N[C@H](C)c3ccc(C(F)(F)F)nn3)c2)s1. The number of amides is 1. The van der Waals surface area contributed by atoms with Gasteiger partial charge in [0.15, 0.2) is 5.69 Å². The van der Waals surface area contributed by atoms with Crippen molar-refractivity contribution in [1.82, 2.24) is 20.5 Å². The molecule has 4 rings (SSSR count). The molecule has 1 aliphatic rings. The van der Waals surface area contributed by atoms with Crippen LogP contribution in [0.25, 0.3) is 10.6 Å². The highest BCUT2D eigenvalue weighted by atomic mass is 32.1. The Balaban J connectivity index is 1.51. The Morgan fingerprint density at radius 1 is 1.28 bits per heavy atom. The van der Waals surface area contributed by atoms with Crippen molar-refractivity contribution >= 4 is 17.2 Å². The molecule has 192 valence electrons. The minimum absolute atomic E-state index is 0.188. The van der Waals surface area contributed by atoms with Crippen LogP contribution >= 0.6 is 11.3 Å². The summed E-state index contributed by atoms with van der Waals surface area (Å²) in [6.07, 6.45) is 1.10. The van der Waals surface area contributed by atoms with Gasteiger partial charge in [0.25, 0.3) is 5.91 Å². The maximum Gasteiger partial charge on any atom is 0.435 e. The van der Waals surface area contributed by atoms with E-state index in [1.54, 1.807) is 30.4 Å². The minimum atomic E-state index is -4.58. The third kappa shape index (κ3) is 6.58. The number of ether oxygens (including phenoxy) is 2. The van der Waals surface area contributed by atoms with Gasteiger partial charge in [0.1, 0.15) is 10.8 Å². The van der Waals surface area contributed by atoms with Crippen molar-refractivity contribution in [3.05, 3.63) is 58.4 Å². The minimum Gasteiger partial charge on any atom is -0.493 e. The number of aromatic nitrogens is 3. The third-order valence-corrected chi connectivity index (χ3v) is 7.01. The second kappa shape index (κ2) is 11.3. The van der Waals surface area contributed by atoms with E-state index >= 15 is 0 Å². The maximum absolute atomic E-state index is 13.1. The molecule has 1 saturated heterocycles. The predicted octanol–water partition coefficient (Wildman–Crippen LogP) is 5.62. The van der Waals surface area contributed by atoms with Crippen molar-refractivity contribution in [3.63, 3.8) is 0 Å². The summed E-state index contributed by atoms with van der Waals surface area (Å²) in [6, 6.07) is 6.62. The second-order valence-electron chi connectivity index (χ2n) is 8.54. The number of thiazole rings is 1. The molecule has 1 N–H and O–H groups in total. The average molecular weight is 521 g/mol. The standard InChI is InChI=1S/C25H27F3N4O3S/c1-3-20-14-29-24(36-20)17-11-16(12-19(13-17)35-10-8-18-5-4-9-34-18)23(33)30-15(2)21-6-7-22(32-31-21)25(26,27)28/h6-7,11-15,18H,3-5,8-10H2,1-2H3,(H,30,33)/t15-,18+/m1/s1. The number of alkyl halides is 3. The van der Waals surface area contributed by atoms with Crippen LogP contribution in [0, 0.1) is 0 Å². The lowest BCUT2D eigenvalue weighted by molar-refractivity contribution is -0.141. The molecule has 11 heteroatoms. The molecule has 0 radical (unpaired) electrons. The van der Waals surface area contributed by atoms with Gasteiger partial charge in [-0.3, -0.25) is 4.79 Å². The lowest BCUT2D eigenvalue weighted by atomic mass is 10.1. The quantitative estimate of drug-likeness (QED) is 0.394. The number of hydrogen-bond donors (Lipinski definition) is 1. The number of aryl methyl sites for hydroxylation is 1. The zero-order valence-corrected chi connectivity index (χ0v) is 20.8. The van der Waals surface area contributed by atoms with Crippen molar-refractivity contribution in [2.24, 2.45) is 0 Å². The second-order valence-corrected chi connectivity index (χ2v) is 9.66. The lowest BCUT2D eigenvalue weighted by Gasteiger charge is -2.16. The van der Waals surface area contributed by atoms with Crippen molar-refractivity contribution in [3.8, 4) is 16.3 Å². The molecule has 1 fully saturated rings. The number of nitrogens with one attached hydrogen (secondary N) is 1. The van der Waals surface area contributed by atoms with Crippen LogP contribution in [0.2, 0.25) is 0 Å². The first-order chi connectivity index (χ1) is 17.2. The Morgan fingerprint density at radius 2 is 2.11 bits per heavy atom. The van der Waals surface area contributed by atoms with Gasteiger partial charge in [0, 0.05) is 35.2 Å². The van der Waals surface area contributed by atoms with Crippen LogP contribution in [0.3, 0.4) is 0 Å². The zero-order valence-electron chi connectivity index (χ0n) is 20.0. The van der Waals surface area contributed by atoms with E-state index in [4.69, 9.17) is 9.47 Å². The monoisotopic (exact) mass is 520 g/mol. The first-order valence-electron chi connectivity index (χ1n) is 11.8. The first-order valence-corrected chi connectivity index (χ1v) is 12.6. The van der Waals surface area contributed by atoms with Crippen LogP contribution < -0.4 is 10.1 Å². The highest BCUT2D eigenvalue weighted by molar-refractivity contribution is 7.15. The molecule has 0 unspecified atom stereocenters. The zero-order chi connectivity index (χ0) is 25.7. The van der Waals surface area contributed by atoms with E-state index in [-0.39, 0.29) is 11.8 Å². The number of nitrogens with zero attached hydrogens (tertiary/aromatic N) is 3. The molecule has 2 atom stereocenters. The van der Waals surface area contributed by atoms with Crippen LogP contribution in [0.5, 0.6) is 5.75 Å². The van der Waals surface area contributed by atoms with Crippen LogP contribution in [-0.2, 0) is 17.3 Å². The van der Waals surface area contributed by atoms with Gasteiger partial charge in [-0.15, -0.1) is 16.4 Å². The number of benzene rings is 1. The predicted molar refractivity (Wildman–Crippen MR) is 129 cm³/mol. The molecule has 0 bridgehead atoms. The van der Waals surface area contributed by atoms with Gasteiger partial charge >= 0.3 is 6.18 Å². The number of halogens is 3. The molecular formula is C25H27F3N4O3S. The van der Waals surface area contributed by atoms with Crippen molar-refractivity contribution < 1.29 is 27.4 Å². The van der Waals surface area contributed by atoms with Gasteiger partial charge in [0.05, 0.1) is 24.4 Å². The van der Waals surface area contributed by atoms with Gasteiger partial charge in [0.2, 0.25) is 0 Å². The number of carbonyl (C=O) groups is 1. The van der Waals surface area contributed by atoms with Crippen molar-refractivity contribution in [2.75, 3.05) is 13.2 Å². The summed E-state index contributed by atoms with van der Waals surface area (Å²) >= 11 is 1.54. The summed E-state index contributed by atoms with van der Waals surface area (Å²) < 4.78 is 49.9. The molecule has 2 aromatic heterocycles. The summed E-state index contributed by atoms with van der Waals surface area (Å²) in [5.41, 5.74) is 0.228. The third-order valence-electron chi connectivity index (χ3n) is 5.82. The van der Waals surface area contributed by atoms with Crippen LogP contribution in [0.15, 0.2) is 36.5 Å². The molecule has 3 heterocycles. The van der Waals surface area contributed by atoms with Gasteiger partial charge in [-0.05, 0) is 56.5 Å². The van der Waals surface area contributed by atoms with Crippen LogP contribution in [-0.4, -0.2) is 40.4 Å². The molecule has 36 heavy (non-hydrogen) atoms. The Morgan fingerprint density at radius 3 is 2.75 bits per heavy atom. The number of hydrogen-bond acceptors (Lipinski definition) is 7. The van der Waals surface area contributed by atoms with E-state index in [0.29, 0.717) is 17.9 Å². The molecule has 3 aromatic rings. The molecule has 7 nitrogen and oxygen atoms in total. The summed E-state index contributed by atoms with van der Waals surface area (Å²) in [6.45, 7) is 4.90. The topological polar surface area (TPSA) is 86.2 Å². The summed E-state index contributed by atoms with van der Waals surface area (Å²) in [5, 5.41) is 10.4. The summed E-state index contributed by atoms with van der Waals surface area (Å²) in [5.74, 6) is 0.119. The number of carbonyl (C=O) groups excluding carboxylic acids is 1. The van der Waals surface area contributed by atoms with Gasteiger partial charge in [-0.25, -0.2) is 4.98 Å². The Kier molecular flexibility index (Phi) is 8.20. The fraction of sp³-hybridized carbons (Fsp3) is 0.440. The van der Waals surface area contributed by atoms with E-state index in [0.717, 1.165) is 53.8 Å². The van der Waals surface area contributed by atoms with Gasteiger partial charge in [-0.1, -0.05) is 6.92 Å². The van der Waals surface area contributed by atoms with Gasteiger partial charge in [-0.2, -0.15) is 18.3 Å². The molecule has 0 spiro atoms. The average Bonchev–Trinajstić information content (AvgIpc) is 3.56. The molecule has 0 saturated carbocycles. The Labute approximate surface area is 211 Å². The van der Waals surface area contributed by atoms with Gasteiger partial charge < -0.3 is 14.8 Å². The fourth-order valence-corrected chi connectivity index (χ4v) is 4.64. The molecular weight excluding hydrogens is 493 g/mol. The largest absolute Gasteiger partial charge is 0.493 e. The van der Waals surface area contributed by atoms with E-state index in [1.165, 1.54) is 6.07 Å². The van der Waals surface area contributed by atoms with Crippen LogP contribution in [0.4, 0.5) is 13.2 Å². The van der Waals surface area contributed by atoms with Crippen molar-refractivity contribution in [1.29, 1.82) is 0 Å². The highest BCUT2D eigenvalue weighted by Gasteiger charge is 2.33. The molecule has 1 amide bonds.